The number of amides is 2. The summed E-state index contributed by atoms with van der Waals surface area (Å²) in [6.45, 7) is 4.86. The number of nitrogens with two attached hydrogens (primary N) is 1. The summed E-state index contributed by atoms with van der Waals surface area (Å²) in [6.07, 6.45) is 3.18. The fraction of sp³-hybridized carbons (Fsp3) is 0.579. The lowest BCUT2D eigenvalue weighted by molar-refractivity contribution is -0.126. The average Bonchev–Trinajstić information content (AvgIpc) is 3.00. The number of carbonyl (C=O) groups is 2. The minimum Gasteiger partial charge on any atom is -0.495 e. The molecule has 3 N–H and O–H groups in total. The van der Waals surface area contributed by atoms with E-state index in [-0.39, 0.29) is 30.2 Å². The highest BCUT2D eigenvalue weighted by atomic mass is 16.5. The van der Waals surface area contributed by atoms with Crippen LogP contribution in [-0.2, 0) is 9.59 Å². The molecule has 1 aromatic carbocycles. The lowest BCUT2D eigenvalue weighted by Crippen LogP contribution is -2.43. The molecule has 0 aromatic heterocycles. The SMILES string of the molecule is CCCCC(CN)NC(=O)C1CC(=O)N(c2cc(C)ccc2OC)C1. The Bertz CT molecular complexity index is 618. The van der Waals surface area contributed by atoms with Crippen molar-refractivity contribution < 1.29 is 14.3 Å². The van der Waals surface area contributed by atoms with Crippen molar-refractivity contribution in [1.82, 2.24) is 5.32 Å². The lowest BCUT2D eigenvalue weighted by atomic mass is 10.1. The van der Waals surface area contributed by atoms with E-state index in [9.17, 15) is 9.59 Å². The molecule has 0 saturated carbocycles. The third-order valence-electron chi connectivity index (χ3n) is 4.66. The number of nitrogens with one attached hydrogen (secondary N) is 1. The molecule has 138 valence electrons. The van der Waals surface area contributed by atoms with Crippen LogP contribution >= 0.6 is 0 Å². The number of anilines is 1. The number of carbonyl (C=O) groups excluding carboxylic acids is 2. The Balaban J connectivity index is 2.07. The third kappa shape index (κ3) is 4.72. The lowest BCUT2D eigenvalue weighted by Gasteiger charge is -2.21. The first-order valence-electron chi connectivity index (χ1n) is 8.95. The maximum absolute atomic E-state index is 12.5. The maximum atomic E-state index is 12.5. The number of hydrogen-bond donors (Lipinski definition) is 2. The molecule has 1 fully saturated rings. The molecule has 0 radical (unpaired) electrons. The molecule has 25 heavy (non-hydrogen) atoms. The van der Waals surface area contributed by atoms with E-state index in [1.165, 1.54) is 0 Å². The Hall–Kier alpha value is -2.08. The van der Waals surface area contributed by atoms with E-state index in [0.717, 1.165) is 30.5 Å². The van der Waals surface area contributed by atoms with Crippen LogP contribution in [0.1, 0.15) is 38.2 Å². The second kappa shape index (κ2) is 8.85. The fourth-order valence-corrected chi connectivity index (χ4v) is 3.15. The zero-order valence-electron chi connectivity index (χ0n) is 15.4. The van der Waals surface area contributed by atoms with Crippen LogP contribution in [0.3, 0.4) is 0 Å². The highest BCUT2D eigenvalue weighted by molar-refractivity contribution is 6.01. The maximum Gasteiger partial charge on any atom is 0.227 e. The van der Waals surface area contributed by atoms with Crippen molar-refractivity contribution in [3.63, 3.8) is 0 Å². The van der Waals surface area contributed by atoms with Crippen LogP contribution in [0, 0.1) is 12.8 Å². The molecule has 0 aliphatic carbocycles. The second-order valence-corrected chi connectivity index (χ2v) is 6.66. The van der Waals surface area contributed by atoms with Crippen LogP contribution in [0.2, 0.25) is 0 Å². The molecule has 2 amide bonds. The summed E-state index contributed by atoms with van der Waals surface area (Å²) in [4.78, 5) is 26.7. The van der Waals surface area contributed by atoms with Crippen LogP contribution in [0.15, 0.2) is 18.2 Å². The summed E-state index contributed by atoms with van der Waals surface area (Å²) in [7, 11) is 1.58. The Morgan fingerprint density at radius 3 is 2.88 bits per heavy atom. The Labute approximate surface area is 149 Å². The van der Waals surface area contributed by atoms with E-state index < -0.39 is 0 Å². The molecule has 0 bridgehead atoms. The van der Waals surface area contributed by atoms with Crippen molar-refractivity contribution in [2.24, 2.45) is 11.7 Å². The van der Waals surface area contributed by atoms with Gasteiger partial charge in [0.05, 0.1) is 18.7 Å². The van der Waals surface area contributed by atoms with Crippen LogP contribution < -0.4 is 20.7 Å². The number of hydrogen-bond acceptors (Lipinski definition) is 4. The molecule has 1 aliphatic rings. The smallest absolute Gasteiger partial charge is 0.227 e. The van der Waals surface area contributed by atoms with E-state index in [1.54, 1.807) is 12.0 Å². The van der Waals surface area contributed by atoms with Crippen LogP contribution in [0.25, 0.3) is 0 Å². The van der Waals surface area contributed by atoms with Crippen LogP contribution in [-0.4, -0.2) is 38.1 Å². The molecule has 6 heteroatoms. The average molecular weight is 347 g/mol. The zero-order valence-corrected chi connectivity index (χ0v) is 15.4. The quantitative estimate of drug-likeness (QED) is 0.753. The standard InChI is InChI=1S/C19H29N3O3/c1-4-5-6-15(11-20)21-19(24)14-10-18(23)22(12-14)16-9-13(2)7-8-17(16)25-3/h7-9,14-15H,4-6,10-12,20H2,1-3H3,(H,21,24). The predicted octanol–water partition coefficient (Wildman–Crippen LogP) is 1.99. The van der Waals surface area contributed by atoms with Gasteiger partial charge < -0.3 is 20.7 Å². The number of nitrogens with zero attached hydrogens (tertiary/aromatic N) is 1. The molecule has 2 rings (SSSR count). The van der Waals surface area contributed by atoms with Crippen LogP contribution in [0.4, 0.5) is 5.69 Å². The van der Waals surface area contributed by atoms with Gasteiger partial charge in [0.1, 0.15) is 5.75 Å². The number of methoxy groups -OCH3 is 1. The molecule has 6 nitrogen and oxygen atoms in total. The second-order valence-electron chi connectivity index (χ2n) is 6.66. The van der Waals surface area contributed by atoms with Crippen molar-refractivity contribution >= 4 is 17.5 Å². The Morgan fingerprint density at radius 2 is 2.24 bits per heavy atom. The number of unbranched alkanes of at least 4 members (excludes halogenated alkanes) is 1. The predicted molar refractivity (Wildman–Crippen MR) is 98.7 cm³/mol. The summed E-state index contributed by atoms with van der Waals surface area (Å²) < 4.78 is 5.37. The highest BCUT2D eigenvalue weighted by Gasteiger charge is 2.36. The van der Waals surface area contributed by atoms with Gasteiger partial charge >= 0.3 is 0 Å². The Kier molecular flexibility index (Phi) is 6.82. The number of ether oxygens (including phenoxy) is 1. The minimum atomic E-state index is -0.353. The molecule has 0 spiro atoms. The van der Waals surface area contributed by atoms with Gasteiger partial charge in [0.15, 0.2) is 0 Å². The molecule has 1 aliphatic heterocycles. The zero-order chi connectivity index (χ0) is 18.4. The molecule has 2 unspecified atom stereocenters. The summed E-state index contributed by atoms with van der Waals surface area (Å²) in [6, 6.07) is 5.68. The summed E-state index contributed by atoms with van der Waals surface area (Å²) in [5.74, 6) is 0.145. The Morgan fingerprint density at radius 1 is 1.48 bits per heavy atom. The molecular weight excluding hydrogens is 318 g/mol. The van der Waals surface area contributed by atoms with Gasteiger partial charge in [-0.1, -0.05) is 25.8 Å². The molecule has 1 saturated heterocycles. The van der Waals surface area contributed by atoms with Gasteiger partial charge in [-0.3, -0.25) is 9.59 Å². The number of rotatable bonds is 8. The topological polar surface area (TPSA) is 84.7 Å². The van der Waals surface area contributed by atoms with Crippen LogP contribution in [0.5, 0.6) is 5.75 Å². The first kappa shape index (κ1) is 19.2. The normalized spacial score (nSPS) is 18.3. The number of benzene rings is 1. The van der Waals surface area contributed by atoms with Crippen molar-refractivity contribution in [2.75, 3.05) is 25.1 Å². The van der Waals surface area contributed by atoms with E-state index in [4.69, 9.17) is 10.5 Å². The molecule has 1 aromatic rings. The van der Waals surface area contributed by atoms with E-state index >= 15 is 0 Å². The fourth-order valence-electron chi connectivity index (χ4n) is 3.15. The van der Waals surface area contributed by atoms with Crippen molar-refractivity contribution in [3.8, 4) is 5.75 Å². The van der Waals surface area contributed by atoms with Gasteiger partial charge in [0.25, 0.3) is 0 Å². The van der Waals surface area contributed by atoms with Crippen molar-refractivity contribution in [1.29, 1.82) is 0 Å². The van der Waals surface area contributed by atoms with E-state index in [1.807, 2.05) is 25.1 Å². The van der Waals surface area contributed by atoms with Gasteiger partial charge in [-0.2, -0.15) is 0 Å². The third-order valence-corrected chi connectivity index (χ3v) is 4.66. The summed E-state index contributed by atoms with van der Waals surface area (Å²) in [5.41, 5.74) is 7.52. The van der Waals surface area contributed by atoms with Gasteiger partial charge in [0, 0.05) is 25.6 Å². The van der Waals surface area contributed by atoms with Gasteiger partial charge in [-0.15, -0.1) is 0 Å². The highest BCUT2D eigenvalue weighted by Crippen LogP contribution is 2.33. The minimum absolute atomic E-state index is 0.0230. The van der Waals surface area contributed by atoms with E-state index in [0.29, 0.717) is 18.8 Å². The summed E-state index contributed by atoms with van der Waals surface area (Å²) >= 11 is 0. The molecule has 1 heterocycles. The monoisotopic (exact) mass is 347 g/mol. The van der Waals surface area contributed by atoms with Crippen molar-refractivity contribution in [3.05, 3.63) is 23.8 Å². The van der Waals surface area contributed by atoms with Gasteiger partial charge in [0.2, 0.25) is 11.8 Å². The van der Waals surface area contributed by atoms with Gasteiger partial charge in [-0.05, 0) is 31.0 Å². The largest absolute Gasteiger partial charge is 0.495 e. The molecular formula is C19H29N3O3. The van der Waals surface area contributed by atoms with Gasteiger partial charge in [-0.25, -0.2) is 0 Å². The first-order valence-corrected chi connectivity index (χ1v) is 8.95. The number of aryl methyl sites for hydroxylation is 1. The van der Waals surface area contributed by atoms with Crippen molar-refractivity contribution in [2.45, 2.75) is 45.6 Å². The first-order chi connectivity index (χ1) is 12.0. The van der Waals surface area contributed by atoms with E-state index in [2.05, 4.69) is 12.2 Å². The summed E-state index contributed by atoms with van der Waals surface area (Å²) in [5, 5.41) is 3.00. The molecule has 2 atom stereocenters.